The van der Waals surface area contributed by atoms with Gasteiger partial charge in [-0.05, 0) is 18.2 Å². The van der Waals surface area contributed by atoms with Gasteiger partial charge < -0.3 is 14.7 Å². The number of rotatable bonds is 4. The Kier molecular flexibility index (Phi) is 3.56. The van der Waals surface area contributed by atoms with Gasteiger partial charge in [0.05, 0.1) is 31.0 Å². The number of hydrogen-bond donors (Lipinski definition) is 2. The molecule has 1 amide bonds. The highest BCUT2D eigenvalue weighted by molar-refractivity contribution is 6.01. The minimum absolute atomic E-state index is 0.00538. The molecule has 0 aliphatic rings. The van der Waals surface area contributed by atoms with Crippen LogP contribution in [0.25, 0.3) is 6.08 Å². The molecule has 0 bridgehead atoms. The summed E-state index contributed by atoms with van der Waals surface area (Å²) in [7, 11) is 0. The van der Waals surface area contributed by atoms with Crippen LogP contribution in [0.5, 0.6) is 0 Å². The molecule has 2 rings (SSSR count). The molecule has 0 unspecified atom stereocenters. The Labute approximate surface area is 103 Å². The molecule has 2 aromatic rings. The average molecular weight is 242 g/mol. The Morgan fingerprint density at radius 1 is 1.67 bits per heavy atom. The van der Waals surface area contributed by atoms with Crippen LogP contribution in [0.2, 0.25) is 0 Å². The molecule has 18 heavy (non-hydrogen) atoms. The summed E-state index contributed by atoms with van der Waals surface area (Å²) in [6.45, 7) is 0.244. The Bertz CT molecular complexity index is 576. The number of imidazole rings is 1. The zero-order valence-corrected chi connectivity index (χ0v) is 9.38. The number of aromatic amines is 1. The van der Waals surface area contributed by atoms with E-state index in [4.69, 9.17) is 9.68 Å². The molecule has 6 nitrogen and oxygen atoms in total. The third-order valence-electron chi connectivity index (χ3n) is 2.19. The predicted octanol–water partition coefficient (Wildman–Crippen LogP) is 1.23. The van der Waals surface area contributed by atoms with Gasteiger partial charge in [-0.1, -0.05) is 0 Å². The van der Waals surface area contributed by atoms with E-state index in [2.05, 4.69) is 15.3 Å². The second-order valence-electron chi connectivity index (χ2n) is 3.44. The summed E-state index contributed by atoms with van der Waals surface area (Å²) >= 11 is 0. The molecule has 0 aliphatic heterocycles. The molecule has 0 aliphatic carbocycles. The first-order valence-corrected chi connectivity index (χ1v) is 5.20. The summed E-state index contributed by atoms with van der Waals surface area (Å²) in [4.78, 5) is 18.3. The molecule has 6 heteroatoms. The van der Waals surface area contributed by atoms with Crippen molar-refractivity contribution in [2.24, 2.45) is 0 Å². The minimum Gasteiger partial charge on any atom is -0.467 e. The largest absolute Gasteiger partial charge is 0.467 e. The number of furan rings is 1. The monoisotopic (exact) mass is 242 g/mol. The van der Waals surface area contributed by atoms with Gasteiger partial charge in [-0.15, -0.1) is 0 Å². The zero-order valence-electron chi connectivity index (χ0n) is 9.38. The molecule has 2 heterocycles. The lowest BCUT2D eigenvalue weighted by molar-refractivity contribution is -0.117. The van der Waals surface area contributed by atoms with E-state index >= 15 is 0 Å². The Hall–Kier alpha value is -2.81. The molecule has 2 aromatic heterocycles. The van der Waals surface area contributed by atoms with E-state index in [1.54, 1.807) is 12.1 Å². The van der Waals surface area contributed by atoms with Crippen molar-refractivity contribution in [2.45, 2.75) is 6.54 Å². The maximum absolute atomic E-state index is 11.7. The highest BCUT2D eigenvalue weighted by atomic mass is 16.3. The van der Waals surface area contributed by atoms with Gasteiger partial charge in [-0.25, -0.2) is 4.98 Å². The van der Waals surface area contributed by atoms with Crippen molar-refractivity contribution in [1.29, 1.82) is 5.26 Å². The van der Waals surface area contributed by atoms with Gasteiger partial charge in [-0.2, -0.15) is 5.26 Å². The first-order valence-electron chi connectivity index (χ1n) is 5.20. The highest BCUT2D eigenvalue weighted by Crippen LogP contribution is 2.04. The van der Waals surface area contributed by atoms with Gasteiger partial charge >= 0.3 is 0 Å². The molecule has 0 atom stereocenters. The molecular weight excluding hydrogens is 232 g/mol. The number of nitrogens with zero attached hydrogens (tertiary/aromatic N) is 2. The highest BCUT2D eigenvalue weighted by Gasteiger charge is 2.09. The number of carbonyl (C=O) groups is 1. The van der Waals surface area contributed by atoms with Crippen molar-refractivity contribution in [1.82, 2.24) is 15.3 Å². The Morgan fingerprint density at radius 2 is 2.56 bits per heavy atom. The lowest BCUT2D eigenvalue weighted by Crippen LogP contribution is -2.23. The number of hydrogen-bond acceptors (Lipinski definition) is 4. The van der Waals surface area contributed by atoms with Crippen molar-refractivity contribution in [3.8, 4) is 6.07 Å². The third-order valence-corrected chi connectivity index (χ3v) is 2.19. The SMILES string of the molecule is N#C/C(=C\c1cnc[nH]1)C(=O)NCc1ccco1. The topological polar surface area (TPSA) is 94.7 Å². The van der Waals surface area contributed by atoms with Gasteiger partial charge in [0.15, 0.2) is 0 Å². The van der Waals surface area contributed by atoms with E-state index in [1.165, 1.54) is 24.9 Å². The van der Waals surface area contributed by atoms with E-state index in [-0.39, 0.29) is 12.1 Å². The summed E-state index contributed by atoms with van der Waals surface area (Å²) in [5.41, 5.74) is 0.602. The van der Waals surface area contributed by atoms with E-state index in [0.717, 1.165) is 0 Å². The number of nitrogens with one attached hydrogen (secondary N) is 2. The number of amides is 1. The van der Waals surface area contributed by atoms with Gasteiger partial charge in [0.25, 0.3) is 5.91 Å². The standard InChI is InChI=1S/C12H10N4O2/c13-5-9(4-10-6-14-8-16-10)12(17)15-7-11-2-1-3-18-11/h1-4,6,8H,7H2,(H,14,16)(H,15,17)/b9-4+. The van der Waals surface area contributed by atoms with Crippen molar-refractivity contribution >= 4 is 12.0 Å². The zero-order chi connectivity index (χ0) is 12.8. The maximum Gasteiger partial charge on any atom is 0.262 e. The smallest absolute Gasteiger partial charge is 0.262 e. The fourth-order valence-electron chi connectivity index (χ4n) is 1.33. The second kappa shape index (κ2) is 5.50. The van der Waals surface area contributed by atoms with Crippen LogP contribution >= 0.6 is 0 Å². The average Bonchev–Trinajstić information content (AvgIpc) is 3.06. The summed E-state index contributed by atoms with van der Waals surface area (Å²) < 4.78 is 5.07. The van der Waals surface area contributed by atoms with Crippen LogP contribution in [0.3, 0.4) is 0 Å². The molecule has 0 saturated heterocycles. The first-order chi connectivity index (χ1) is 8.79. The number of H-pyrrole nitrogens is 1. The molecule has 0 radical (unpaired) electrons. The molecular formula is C12H10N4O2. The fourth-order valence-corrected chi connectivity index (χ4v) is 1.33. The normalized spacial score (nSPS) is 10.9. The Morgan fingerprint density at radius 3 is 3.17 bits per heavy atom. The van der Waals surface area contributed by atoms with Gasteiger partial charge in [-0.3, -0.25) is 4.79 Å². The maximum atomic E-state index is 11.7. The molecule has 2 N–H and O–H groups in total. The molecule has 0 fully saturated rings. The quantitative estimate of drug-likeness (QED) is 0.622. The van der Waals surface area contributed by atoms with Gasteiger partial charge in [0.1, 0.15) is 17.4 Å². The molecule has 0 saturated carbocycles. The first kappa shape index (κ1) is 11.7. The summed E-state index contributed by atoms with van der Waals surface area (Å²) in [5, 5.41) is 11.5. The predicted molar refractivity (Wildman–Crippen MR) is 62.7 cm³/mol. The van der Waals surface area contributed by atoms with Crippen molar-refractivity contribution in [2.75, 3.05) is 0 Å². The van der Waals surface area contributed by atoms with Crippen molar-refractivity contribution in [3.05, 3.63) is 47.9 Å². The van der Waals surface area contributed by atoms with Gasteiger partial charge in [0.2, 0.25) is 0 Å². The number of nitriles is 1. The van der Waals surface area contributed by atoms with Gasteiger partial charge in [0, 0.05) is 0 Å². The molecule has 90 valence electrons. The van der Waals surface area contributed by atoms with Crippen molar-refractivity contribution in [3.63, 3.8) is 0 Å². The lowest BCUT2D eigenvalue weighted by Gasteiger charge is -2.01. The Balaban J connectivity index is 2.00. The third kappa shape index (κ3) is 2.86. The second-order valence-corrected chi connectivity index (χ2v) is 3.44. The molecule has 0 aromatic carbocycles. The van der Waals surface area contributed by atoms with Crippen LogP contribution in [0.1, 0.15) is 11.5 Å². The van der Waals surface area contributed by atoms with Crippen LogP contribution < -0.4 is 5.32 Å². The van der Waals surface area contributed by atoms with Crippen LogP contribution in [0, 0.1) is 11.3 Å². The van der Waals surface area contributed by atoms with E-state index in [1.807, 2.05) is 6.07 Å². The summed E-state index contributed by atoms with van der Waals surface area (Å²) in [5.74, 6) is 0.172. The van der Waals surface area contributed by atoms with E-state index in [9.17, 15) is 4.79 Å². The fraction of sp³-hybridized carbons (Fsp3) is 0.0833. The van der Waals surface area contributed by atoms with E-state index < -0.39 is 5.91 Å². The van der Waals surface area contributed by atoms with Crippen LogP contribution in [-0.4, -0.2) is 15.9 Å². The summed E-state index contributed by atoms with van der Waals surface area (Å²) in [6, 6.07) is 5.31. The molecule has 0 spiro atoms. The number of carbonyl (C=O) groups excluding carboxylic acids is 1. The summed E-state index contributed by atoms with van der Waals surface area (Å²) in [6.07, 6.45) is 5.95. The van der Waals surface area contributed by atoms with Crippen LogP contribution in [0.4, 0.5) is 0 Å². The van der Waals surface area contributed by atoms with Crippen LogP contribution in [0.15, 0.2) is 40.9 Å². The van der Waals surface area contributed by atoms with Crippen molar-refractivity contribution < 1.29 is 9.21 Å². The lowest BCUT2D eigenvalue weighted by atomic mass is 10.2. The van der Waals surface area contributed by atoms with Crippen LogP contribution in [-0.2, 0) is 11.3 Å². The number of aromatic nitrogens is 2. The minimum atomic E-state index is -0.455. The van der Waals surface area contributed by atoms with E-state index in [0.29, 0.717) is 11.5 Å².